The normalized spacial score (nSPS) is 12.2. The Kier molecular flexibility index (Phi) is 5.27. The van der Waals surface area contributed by atoms with E-state index in [-0.39, 0.29) is 18.2 Å². The summed E-state index contributed by atoms with van der Waals surface area (Å²) in [5.74, 6) is -1.08. The van der Waals surface area contributed by atoms with Crippen molar-refractivity contribution < 1.29 is 13.6 Å². The van der Waals surface area contributed by atoms with Gasteiger partial charge in [-0.25, -0.2) is 23.7 Å². The molecular formula is C16H15ClF2N6O. The van der Waals surface area contributed by atoms with Crippen LogP contribution < -0.4 is 10.6 Å². The third kappa shape index (κ3) is 3.72. The fourth-order valence-electron chi connectivity index (χ4n) is 2.36. The number of aromatic amines is 1. The van der Waals surface area contributed by atoms with Gasteiger partial charge in [-0.2, -0.15) is 0 Å². The number of hydrogen-bond donors (Lipinski definition) is 3. The van der Waals surface area contributed by atoms with Crippen LogP contribution in [0, 0.1) is 5.82 Å². The van der Waals surface area contributed by atoms with Crippen molar-refractivity contribution in [1.29, 1.82) is 0 Å². The third-order valence-electron chi connectivity index (χ3n) is 3.62. The summed E-state index contributed by atoms with van der Waals surface area (Å²) in [5.41, 5.74) is 1.18. The minimum absolute atomic E-state index is 0.106. The molecule has 0 aliphatic rings. The lowest BCUT2D eigenvalue weighted by molar-refractivity contribution is -0.121. The second-order valence-electron chi connectivity index (χ2n) is 5.49. The van der Waals surface area contributed by atoms with Crippen LogP contribution in [0.1, 0.15) is 6.92 Å². The van der Waals surface area contributed by atoms with Gasteiger partial charge in [0.05, 0.1) is 11.2 Å². The topological polar surface area (TPSA) is 95.6 Å². The Morgan fingerprint density at radius 2 is 2.19 bits per heavy atom. The van der Waals surface area contributed by atoms with Gasteiger partial charge in [-0.15, -0.1) is 0 Å². The summed E-state index contributed by atoms with van der Waals surface area (Å²) in [6.07, 6.45) is 4.15. The van der Waals surface area contributed by atoms with Crippen molar-refractivity contribution in [2.75, 3.05) is 18.5 Å². The van der Waals surface area contributed by atoms with Crippen LogP contribution in [0.15, 0.2) is 24.7 Å². The highest BCUT2D eigenvalue weighted by molar-refractivity contribution is 6.31. The van der Waals surface area contributed by atoms with Crippen molar-refractivity contribution in [1.82, 2.24) is 25.3 Å². The second-order valence-corrected chi connectivity index (χ2v) is 5.92. The lowest BCUT2D eigenvalue weighted by atomic mass is 10.2. The summed E-state index contributed by atoms with van der Waals surface area (Å²) >= 11 is 5.98. The van der Waals surface area contributed by atoms with Gasteiger partial charge in [0.1, 0.15) is 18.4 Å². The van der Waals surface area contributed by atoms with Gasteiger partial charge in [-0.3, -0.25) is 4.79 Å². The Morgan fingerprint density at radius 3 is 2.96 bits per heavy atom. The van der Waals surface area contributed by atoms with Crippen LogP contribution in [-0.4, -0.2) is 45.1 Å². The first-order chi connectivity index (χ1) is 12.5. The Hall–Kier alpha value is -2.81. The molecule has 0 fully saturated rings. The van der Waals surface area contributed by atoms with Crippen molar-refractivity contribution in [3.05, 3.63) is 35.5 Å². The number of carbonyl (C=O) groups excluding carboxylic acids is 1. The monoisotopic (exact) mass is 380 g/mol. The maximum absolute atomic E-state index is 14.0. The van der Waals surface area contributed by atoms with E-state index in [1.165, 1.54) is 13.1 Å². The van der Waals surface area contributed by atoms with Gasteiger partial charge in [0.2, 0.25) is 5.91 Å². The second kappa shape index (κ2) is 7.61. The molecule has 3 N–H and O–H groups in total. The average molecular weight is 381 g/mol. The molecule has 0 aromatic carbocycles. The zero-order chi connectivity index (χ0) is 18.7. The number of anilines is 1. The molecule has 0 radical (unpaired) electrons. The van der Waals surface area contributed by atoms with Gasteiger partial charge in [-0.05, 0) is 13.0 Å². The van der Waals surface area contributed by atoms with E-state index in [1.807, 2.05) is 0 Å². The highest BCUT2D eigenvalue weighted by Crippen LogP contribution is 2.28. The van der Waals surface area contributed by atoms with Crippen molar-refractivity contribution in [3.8, 4) is 11.4 Å². The molecule has 3 aromatic rings. The average Bonchev–Trinajstić information content (AvgIpc) is 3.04. The number of nitrogens with one attached hydrogen (secondary N) is 3. The minimum Gasteiger partial charge on any atom is -0.356 e. The molecule has 136 valence electrons. The summed E-state index contributed by atoms with van der Waals surface area (Å²) in [6, 6.07) is 0.889. The van der Waals surface area contributed by atoms with Crippen LogP contribution in [0.25, 0.3) is 22.4 Å². The van der Waals surface area contributed by atoms with Crippen LogP contribution in [0.4, 0.5) is 14.6 Å². The Balaban J connectivity index is 1.90. The smallest absolute Gasteiger partial charge is 0.242 e. The Morgan fingerprint density at radius 1 is 1.38 bits per heavy atom. The summed E-state index contributed by atoms with van der Waals surface area (Å²) in [5, 5.41) is 6.17. The number of halogens is 3. The molecule has 10 heteroatoms. The molecule has 0 saturated carbocycles. The number of alkyl halides is 1. The molecule has 1 amide bonds. The lowest BCUT2D eigenvalue weighted by Crippen LogP contribution is -2.38. The van der Waals surface area contributed by atoms with Gasteiger partial charge in [0, 0.05) is 29.9 Å². The number of H-pyrrole nitrogens is 1. The standard InChI is InChI=1S/C16H15ClF2N6O/c1-8(16(26)20-3-2-18)24-15-12(19)7-23-14(25-15)11-6-22-13-10(11)4-9(17)5-21-13/h4-8H,2-3H2,1H3,(H,20,26)(H,21,22)(H,23,24,25)/t8-/m0/s1. The van der Waals surface area contributed by atoms with Crippen LogP contribution in [0.3, 0.4) is 0 Å². The first-order valence-electron chi connectivity index (χ1n) is 7.75. The quantitative estimate of drug-likeness (QED) is 0.611. The molecule has 0 aliphatic heterocycles. The van der Waals surface area contributed by atoms with Crippen molar-refractivity contribution in [3.63, 3.8) is 0 Å². The number of aromatic nitrogens is 4. The molecule has 0 unspecified atom stereocenters. The molecule has 0 bridgehead atoms. The maximum atomic E-state index is 14.0. The van der Waals surface area contributed by atoms with Crippen LogP contribution in [-0.2, 0) is 4.79 Å². The summed E-state index contributed by atoms with van der Waals surface area (Å²) < 4.78 is 26.2. The van der Waals surface area contributed by atoms with Crippen LogP contribution in [0.5, 0.6) is 0 Å². The Bertz CT molecular complexity index is 948. The predicted molar refractivity (Wildman–Crippen MR) is 94.2 cm³/mol. The van der Waals surface area contributed by atoms with Crippen LogP contribution in [0.2, 0.25) is 5.02 Å². The van der Waals surface area contributed by atoms with E-state index >= 15 is 0 Å². The number of pyridine rings is 1. The van der Waals surface area contributed by atoms with Gasteiger partial charge >= 0.3 is 0 Å². The first kappa shape index (κ1) is 18.0. The number of rotatable bonds is 6. The van der Waals surface area contributed by atoms with E-state index in [1.54, 1.807) is 12.3 Å². The van der Waals surface area contributed by atoms with Gasteiger partial charge < -0.3 is 15.6 Å². The zero-order valence-electron chi connectivity index (χ0n) is 13.7. The molecule has 0 spiro atoms. The predicted octanol–water partition coefficient (Wildman–Crippen LogP) is 2.70. The molecule has 0 aliphatic carbocycles. The van der Waals surface area contributed by atoms with E-state index in [9.17, 15) is 13.6 Å². The van der Waals surface area contributed by atoms with E-state index in [2.05, 4.69) is 30.6 Å². The molecule has 1 atom stereocenters. The number of hydrogen-bond acceptors (Lipinski definition) is 5. The highest BCUT2D eigenvalue weighted by Gasteiger charge is 2.17. The van der Waals surface area contributed by atoms with E-state index in [0.717, 1.165) is 6.20 Å². The van der Waals surface area contributed by atoms with Gasteiger partial charge in [0.15, 0.2) is 17.5 Å². The molecule has 3 rings (SSSR count). The fraction of sp³-hybridized carbons (Fsp3) is 0.250. The summed E-state index contributed by atoms with van der Waals surface area (Å²) in [7, 11) is 0. The number of amides is 1. The molecule has 3 aromatic heterocycles. The molecule has 7 nitrogen and oxygen atoms in total. The number of fused-ring (bicyclic) bond motifs is 1. The van der Waals surface area contributed by atoms with Crippen LogP contribution >= 0.6 is 11.6 Å². The Labute approximate surface area is 152 Å². The first-order valence-corrected chi connectivity index (χ1v) is 8.13. The molecule has 26 heavy (non-hydrogen) atoms. The molecule has 3 heterocycles. The van der Waals surface area contributed by atoms with E-state index in [4.69, 9.17) is 11.6 Å². The number of carbonyl (C=O) groups is 1. The van der Waals surface area contributed by atoms with E-state index in [0.29, 0.717) is 21.6 Å². The van der Waals surface area contributed by atoms with Crippen molar-refractivity contribution in [2.45, 2.75) is 13.0 Å². The van der Waals surface area contributed by atoms with Gasteiger partial charge in [0.25, 0.3) is 0 Å². The van der Waals surface area contributed by atoms with E-state index < -0.39 is 24.4 Å². The lowest BCUT2D eigenvalue weighted by Gasteiger charge is -2.14. The molecule has 0 saturated heterocycles. The zero-order valence-corrected chi connectivity index (χ0v) is 14.4. The SMILES string of the molecule is C[C@H](Nc1nc(-c2c[nH]c3ncc(Cl)cc23)ncc1F)C(=O)NCCF. The van der Waals surface area contributed by atoms with Crippen molar-refractivity contribution >= 4 is 34.4 Å². The molecular weight excluding hydrogens is 366 g/mol. The highest BCUT2D eigenvalue weighted by atomic mass is 35.5. The fourth-order valence-corrected chi connectivity index (χ4v) is 2.51. The summed E-state index contributed by atoms with van der Waals surface area (Å²) in [4.78, 5) is 27.1. The summed E-state index contributed by atoms with van der Waals surface area (Å²) in [6.45, 7) is 0.733. The number of nitrogens with zero attached hydrogens (tertiary/aromatic N) is 3. The van der Waals surface area contributed by atoms with Crippen molar-refractivity contribution in [2.24, 2.45) is 0 Å². The largest absolute Gasteiger partial charge is 0.356 e. The third-order valence-corrected chi connectivity index (χ3v) is 3.83. The maximum Gasteiger partial charge on any atom is 0.242 e. The van der Waals surface area contributed by atoms with Gasteiger partial charge in [-0.1, -0.05) is 11.6 Å². The minimum atomic E-state index is -0.808.